The van der Waals surface area contributed by atoms with Crippen molar-refractivity contribution in [2.24, 2.45) is 5.92 Å². The number of halogens is 1. The van der Waals surface area contributed by atoms with E-state index in [4.69, 9.17) is 11.6 Å². The van der Waals surface area contributed by atoms with Gasteiger partial charge in [0.05, 0.1) is 11.9 Å². The Hall–Kier alpha value is -2.60. The lowest BCUT2D eigenvalue weighted by atomic mass is 10.00. The first-order valence-electron chi connectivity index (χ1n) is 8.49. The summed E-state index contributed by atoms with van der Waals surface area (Å²) < 4.78 is 0. The molecule has 1 saturated heterocycles. The number of rotatable bonds is 4. The molecule has 1 atom stereocenters. The van der Waals surface area contributed by atoms with E-state index in [-0.39, 0.29) is 11.5 Å². The van der Waals surface area contributed by atoms with E-state index in [0.29, 0.717) is 28.0 Å². The van der Waals surface area contributed by atoms with Gasteiger partial charge in [-0.1, -0.05) is 24.6 Å². The van der Waals surface area contributed by atoms with Crippen molar-refractivity contribution in [1.29, 1.82) is 0 Å². The zero-order valence-corrected chi connectivity index (χ0v) is 15.2. The zero-order chi connectivity index (χ0) is 18.7. The Morgan fingerprint density at radius 3 is 2.85 bits per heavy atom. The third-order valence-corrected chi connectivity index (χ3v) is 4.63. The second-order valence-electron chi connectivity index (χ2n) is 6.56. The van der Waals surface area contributed by atoms with Gasteiger partial charge in [-0.15, -0.1) is 0 Å². The number of nitrogens with one attached hydrogen (secondary N) is 1. The molecule has 1 aliphatic rings. The van der Waals surface area contributed by atoms with Crippen molar-refractivity contribution in [3.8, 4) is 0 Å². The van der Waals surface area contributed by atoms with Crippen LogP contribution in [0.2, 0.25) is 5.02 Å². The Kier molecular flexibility index (Phi) is 5.42. The van der Waals surface area contributed by atoms with Crippen LogP contribution in [0.15, 0.2) is 36.5 Å². The molecule has 2 N–H and O–H groups in total. The molecule has 1 aliphatic heterocycles. The van der Waals surface area contributed by atoms with E-state index in [9.17, 15) is 14.7 Å². The molecule has 2 aromatic rings. The summed E-state index contributed by atoms with van der Waals surface area (Å²) in [7, 11) is 0. The Morgan fingerprint density at radius 2 is 2.15 bits per heavy atom. The van der Waals surface area contributed by atoms with Gasteiger partial charge in [-0.05, 0) is 43.0 Å². The van der Waals surface area contributed by atoms with Crippen LogP contribution in [0.3, 0.4) is 0 Å². The second-order valence-corrected chi connectivity index (χ2v) is 6.99. The summed E-state index contributed by atoms with van der Waals surface area (Å²) in [5.74, 6) is -0.492. The second kappa shape index (κ2) is 7.74. The highest BCUT2D eigenvalue weighted by atomic mass is 35.5. The summed E-state index contributed by atoms with van der Waals surface area (Å²) in [6, 6.07) is 7.99. The van der Waals surface area contributed by atoms with Gasteiger partial charge in [-0.25, -0.2) is 9.78 Å². The topological polar surface area (TPSA) is 82.5 Å². The average Bonchev–Trinajstić information content (AvgIpc) is 2.61. The number of hydrogen-bond donors (Lipinski definition) is 2. The van der Waals surface area contributed by atoms with Crippen molar-refractivity contribution in [3.05, 3.63) is 52.7 Å². The number of benzene rings is 1. The number of piperidine rings is 1. The van der Waals surface area contributed by atoms with E-state index in [1.807, 2.05) is 4.90 Å². The van der Waals surface area contributed by atoms with Gasteiger partial charge in [0.2, 0.25) is 0 Å². The average molecular weight is 374 g/mol. The molecule has 0 saturated carbocycles. The van der Waals surface area contributed by atoms with Crippen LogP contribution in [0.1, 0.15) is 40.5 Å². The maximum Gasteiger partial charge on any atom is 0.339 e. The van der Waals surface area contributed by atoms with Crippen molar-refractivity contribution in [2.75, 3.05) is 23.3 Å². The van der Waals surface area contributed by atoms with Crippen LogP contribution in [0.5, 0.6) is 0 Å². The molecule has 1 fully saturated rings. The number of amides is 1. The molecular formula is C19H20ClN3O3. The number of hydrogen-bond acceptors (Lipinski definition) is 4. The lowest BCUT2D eigenvalue weighted by Gasteiger charge is -2.32. The number of carboxylic acids is 1. The van der Waals surface area contributed by atoms with Crippen LogP contribution in [0, 0.1) is 5.92 Å². The monoisotopic (exact) mass is 373 g/mol. The summed E-state index contributed by atoms with van der Waals surface area (Å²) in [6.45, 7) is 3.71. The Labute approximate surface area is 156 Å². The number of nitrogens with zero attached hydrogens (tertiary/aromatic N) is 2. The number of carbonyl (C=O) groups is 2. The summed E-state index contributed by atoms with van der Waals surface area (Å²) in [4.78, 5) is 30.4. The SMILES string of the molecule is C[C@@H]1CCCN(c2ncc(NC(=O)c3cccc(Cl)c3)cc2C(=O)O)C1. The molecule has 0 spiro atoms. The fraction of sp³-hybridized carbons (Fsp3) is 0.316. The van der Waals surface area contributed by atoms with E-state index >= 15 is 0 Å². The highest BCUT2D eigenvalue weighted by Crippen LogP contribution is 2.26. The van der Waals surface area contributed by atoms with Crippen molar-refractivity contribution in [3.63, 3.8) is 0 Å². The molecular weight excluding hydrogens is 354 g/mol. The predicted octanol–water partition coefficient (Wildman–Crippen LogP) is 3.92. The third-order valence-electron chi connectivity index (χ3n) is 4.40. The van der Waals surface area contributed by atoms with Crippen molar-refractivity contribution < 1.29 is 14.7 Å². The van der Waals surface area contributed by atoms with Gasteiger partial charge in [-0.3, -0.25) is 4.79 Å². The maximum absolute atomic E-state index is 12.3. The first-order chi connectivity index (χ1) is 12.4. The van der Waals surface area contributed by atoms with E-state index in [1.165, 1.54) is 12.3 Å². The number of carboxylic acid groups (broad SMARTS) is 1. The van der Waals surface area contributed by atoms with Crippen LogP contribution < -0.4 is 10.2 Å². The minimum atomic E-state index is -1.07. The number of aromatic carboxylic acids is 1. The molecule has 0 radical (unpaired) electrons. The number of pyridine rings is 1. The van der Waals surface area contributed by atoms with Crippen LogP contribution in [0.25, 0.3) is 0 Å². The smallest absolute Gasteiger partial charge is 0.339 e. The van der Waals surface area contributed by atoms with Gasteiger partial charge in [0.15, 0.2) is 0 Å². The summed E-state index contributed by atoms with van der Waals surface area (Å²) in [5, 5.41) is 12.7. The molecule has 6 nitrogen and oxygen atoms in total. The lowest BCUT2D eigenvalue weighted by molar-refractivity contribution is 0.0696. The van der Waals surface area contributed by atoms with E-state index < -0.39 is 5.97 Å². The molecule has 26 heavy (non-hydrogen) atoms. The molecule has 136 valence electrons. The van der Waals surface area contributed by atoms with Gasteiger partial charge in [0.25, 0.3) is 5.91 Å². The van der Waals surface area contributed by atoms with Gasteiger partial charge in [0.1, 0.15) is 11.4 Å². The van der Waals surface area contributed by atoms with Crippen molar-refractivity contribution in [1.82, 2.24) is 4.98 Å². The minimum Gasteiger partial charge on any atom is -0.478 e. The highest BCUT2D eigenvalue weighted by molar-refractivity contribution is 6.31. The number of carbonyl (C=O) groups excluding carboxylic acids is 1. The first kappa shape index (κ1) is 18.2. The van der Waals surface area contributed by atoms with Crippen LogP contribution in [-0.4, -0.2) is 35.1 Å². The molecule has 7 heteroatoms. The predicted molar refractivity (Wildman–Crippen MR) is 101 cm³/mol. The largest absolute Gasteiger partial charge is 0.478 e. The van der Waals surface area contributed by atoms with Gasteiger partial charge in [0, 0.05) is 23.7 Å². The van der Waals surface area contributed by atoms with E-state index in [0.717, 1.165) is 25.9 Å². The fourth-order valence-electron chi connectivity index (χ4n) is 3.15. The molecule has 1 amide bonds. The highest BCUT2D eigenvalue weighted by Gasteiger charge is 2.23. The van der Waals surface area contributed by atoms with E-state index in [1.54, 1.807) is 24.3 Å². The quantitative estimate of drug-likeness (QED) is 0.848. The number of anilines is 2. The number of aromatic nitrogens is 1. The molecule has 1 aromatic heterocycles. The Balaban J connectivity index is 1.84. The standard InChI is InChI=1S/C19H20ClN3O3/c1-12-4-3-7-23(11-12)17-16(19(25)26)9-15(10-21-17)22-18(24)13-5-2-6-14(20)8-13/h2,5-6,8-10,12H,3-4,7,11H2,1H3,(H,22,24)(H,25,26)/t12-/m1/s1. The van der Waals surface area contributed by atoms with Crippen molar-refractivity contribution >= 4 is 35.0 Å². The van der Waals surface area contributed by atoms with Crippen molar-refractivity contribution in [2.45, 2.75) is 19.8 Å². The summed E-state index contributed by atoms with van der Waals surface area (Å²) in [6.07, 6.45) is 3.63. The Bertz CT molecular complexity index is 841. The van der Waals surface area contributed by atoms with Crippen LogP contribution in [0.4, 0.5) is 11.5 Å². The molecule has 2 heterocycles. The maximum atomic E-state index is 12.3. The summed E-state index contributed by atoms with van der Waals surface area (Å²) in [5.41, 5.74) is 0.812. The molecule has 0 bridgehead atoms. The van der Waals surface area contributed by atoms with Gasteiger partial charge >= 0.3 is 5.97 Å². The Morgan fingerprint density at radius 1 is 1.35 bits per heavy atom. The third kappa shape index (κ3) is 4.14. The van der Waals surface area contributed by atoms with Crippen LogP contribution in [-0.2, 0) is 0 Å². The van der Waals surface area contributed by atoms with Crippen LogP contribution >= 0.6 is 11.6 Å². The van der Waals surface area contributed by atoms with E-state index in [2.05, 4.69) is 17.2 Å². The summed E-state index contributed by atoms with van der Waals surface area (Å²) >= 11 is 5.90. The minimum absolute atomic E-state index is 0.0861. The molecule has 3 rings (SSSR count). The first-order valence-corrected chi connectivity index (χ1v) is 8.87. The molecule has 1 aromatic carbocycles. The van der Waals surface area contributed by atoms with Gasteiger partial charge < -0.3 is 15.3 Å². The molecule has 0 aliphatic carbocycles. The zero-order valence-electron chi connectivity index (χ0n) is 14.4. The fourth-order valence-corrected chi connectivity index (χ4v) is 3.34. The normalized spacial score (nSPS) is 17.0. The molecule has 0 unspecified atom stereocenters. The van der Waals surface area contributed by atoms with Gasteiger partial charge in [-0.2, -0.15) is 0 Å². The lowest BCUT2D eigenvalue weighted by Crippen LogP contribution is -2.36.